The first-order valence-electron chi connectivity index (χ1n) is 12.9. The summed E-state index contributed by atoms with van der Waals surface area (Å²) in [6.45, 7) is 1.29. The monoisotopic (exact) mass is 506 g/mol. The molecule has 0 amide bonds. The molecule has 0 atom stereocenters. The summed E-state index contributed by atoms with van der Waals surface area (Å²) in [5, 5.41) is 0. The normalized spacial score (nSPS) is 10.9. The van der Waals surface area contributed by atoms with Gasteiger partial charge in [0.05, 0.1) is 18.9 Å². The molecule has 0 fully saturated rings. The molecule has 194 valence electrons. The lowest BCUT2D eigenvalue weighted by atomic mass is 10.0. The Balaban J connectivity index is 1.14. The molecule has 0 saturated carbocycles. The van der Waals surface area contributed by atoms with Crippen molar-refractivity contribution in [3.8, 4) is 11.5 Å². The van der Waals surface area contributed by atoms with E-state index in [0.29, 0.717) is 35.9 Å². The third-order valence-electron chi connectivity index (χ3n) is 6.15. The number of nitrogen functional groups attached to an aromatic ring is 2. The van der Waals surface area contributed by atoms with Crippen LogP contribution in [0.25, 0.3) is 6.08 Å². The predicted molar refractivity (Wildman–Crippen MR) is 156 cm³/mol. The second-order valence-corrected chi connectivity index (χ2v) is 9.18. The smallest absolute Gasteiger partial charge is 0.185 e. The van der Waals surface area contributed by atoms with Gasteiger partial charge >= 0.3 is 0 Å². The second-order valence-electron chi connectivity index (χ2n) is 9.18. The minimum absolute atomic E-state index is 0.00553. The lowest BCUT2D eigenvalue weighted by molar-refractivity contribution is 0.104. The molecule has 0 heterocycles. The minimum Gasteiger partial charge on any atom is -0.494 e. The van der Waals surface area contributed by atoms with Gasteiger partial charge < -0.3 is 20.9 Å². The number of allylic oxidation sites excluding steroid dienone is 1. The van der Waals surface area contributed by atoms with Crippen molar-refractivity contribution in [3.63, 3.8) is 0 Å². The van der Waals surface area contributed by atoms with Crippen LogP contribution in [0.4, 0.5) is 11.4 Å². The van der Waals surface area contributed by atoms with Gasteiger partial charge in [-0.05, 0) is 78.8 Å². The zero-order valence-corrected chi connectivity index (χ0v) is 21.5. The summed E-state index contributed by atoms with van der Waals surface area (Å²) in [6, 6.07) is 31.1. The van der Waals surface area contributed by atoms with E-state index in [4.69, 9.17) is 20.9 Å². The topological polar surface area (TPSA) is 87.6 Å². The quantitative estimate of drug-likeness (QED) is 0.0885. The van der Waals surface area contributed by atoms with Crippen molar-refractivity contribution in [3.05, 3.63) is 125 Å². The molecular weight excluding hydrogens is 472 g/mol. The number of hydrogen-bond acceptors (Lipinski definition) is 5. The molecule has 5 nitrogen and oxygen atoms in total. The zero-order valence-electron chi connectivity index (χ0n) is 21.5. The van der Waals surface area contributed by atoms with Gasteiger partial charge in [0, 0.05) is 11.3 Å². The summed E-state index contributed by atoms with van der Waals surface area (Å²) < 4.78 is 11.6. The van der Waals surface area contributed by atoms with Crippen molar-refractivity contribution in [1.29, 1.82) is 0 Å². The van der Waals surface area contributed by atoms with Crippen LogP contribution in [0.5, 0.6) is 11.5 Å². The van der Waals surface area contributed by atoms with Gasteiger partial charge in [-0.25, -0.2) is 0 Å². The number of nitrogens with two attached hydrogens (primary N) is 2. The lowest BCUT2D eigenvalue weighted by Gasteiger charge is -2.10. The molecule has 4 N–H and O–H groups in total. The van der Waals surface area contributed by atoms with Crippen LogP contribution in [0.15, 0.2) is 103 Å². The van der Waals surface area contributed by atoms with E-state index >= 15 is 0 Å². The average molecular weight is 507 g/mol. The Bertz CT molecular complexity index is 1330. The van der Waals surface area contributed by atoms with E-state index in [1.165, 1.54) is 11.1 Å². The Labute approximate surface area is 224 Å². The third-order valence-corrected chi connectivity index (χ3v) is 6.15. The van der Waals surface area contributed by atoms with Crippen molar-refractivity contribution in [1.82, 2.24) is 0 Å². The Hall–Kier alpha value is -4.51. The van der Waals surface area contributed by atoms with E-state index in [1.54, 1.807) is 24.3 Å². The number of hydrogen-bond donors (Lipinski definition) is 2. The second kappa shape index (κ2) is 13.7. The van der Waals surface area contributed by atoms with Gasteiger partial charge in [-0.15, -0.1) is 0 Å². The van der Waals surface area contributed by atoms with Crippen LogP contribution in [0.2, 0.25) is 0 Å². The van der Waals surface area contributed by atoms with Crippen molar-refractivity contribution in [2.75, 3.05) is 24.7 Å². The van der Waals surface area contributed by atoms with Gasteiger partial charge in [0.1, 0.15) is 11.5 Å². The molecule has 0 aliphatic heterocycles. The first-order chi connectivity index (χ1) is 18.6. The van der Waals surface area contributed by atoms with Gasteiger partial charge in [0.15, 0.2) is 5.78 Å². The molecule has 38 heavy (non-hydrogen) atoms. The highest BCUT2D eigenvalue weighted by Gasteiger charge is 2.03. The molecule has 4 aromatic rings. The standard InChI is InChI=1S/C33H34N2O3/c34-29-16-20-33(31(35)24-29)38-22-6-2-5-21-37-30-17-13-27(14-18-30)23-26-11-9-25(10-12-26)15-19-32(36)28-7-3-1-4-8-28/h1,3-4,7-20,24H,2,5-6,21-23,34-35H2/b19-15+. The van der Waals surface area contributed by atoms with E-state index < -0.39 is 0 Å². The summed E-state index contributed by atoms with van der Waals surface area (Å²) in [4.78, 5) is 12.2. The molecule has 0 saturated heterocycles. The fraction of sp³-hybridized carbons (Fsp3) is 0.182. The number of benzene rings is 4. The van der Waals surface area contributed by atoms with Crippen molar-refractivity contribution in [2.24, 2.45) is 0 Å². The van der Waals surface area contributed by atoms with Crippen LogP contribution in [0.3, 0.4) is 0 Å². The van der Waals surface area contributed by atoms with E-state index in [0.717, 1.165) is 37.0 Å². The first-order valence-corrected chi connectivity index (χ1v) is 12.9. The fourth-order valence-electron chi connectivity index (χ4n) is 4.01. The number of unbranched alkanes of at least 4 members (excludes halogenated alkanes) is 2. The lowest BCUT2D eigenvalue weighted by Crippen LogP contribution is -2.03. The number of ether oxygens (including phenoxy) is 2. The van der Waals surface area contributed by atoms with Crippen LogP contribution in [0.1, 0.15) is 46.3 Å². The highest BCUT2D eigenvalue weighted by atomic mass is 16.5. The number of carbonyl (C=O) groups is 1. The zero-order chi connectivity index (χ0) is 26.6. The highest BCUT2D eigenvalue weighted by Crippen LogP contribution is 2.24. The van der Waals surface area contributed by atoms with Crippen LogP contribution in [0, 0.1) is 0 Å². The fourth-order valence-corrected chi connectivity index (χ4v) is 4.01. The summed E-state index contributed by atoms with van der Waals surface area (Å²) in [6.07, 6.45) is 7.22. The van der Waals surface area contributed by atoms with Crippen LogP contribution in [-0.4, -0.2) is 19.0 Å². The molecule has 5 heteroatoms. The van der Waals surface area contributed by atoms with Crippen molar-refractivity contribution < 1.29 is 14.3 Å². The Kier molecular flexibility index (Phi) is 9.57. The summed E-state index contributed by atoms with van der Waals surface area (Å²) in [7, 11) is 0. The van der Waals surface area contributed by atoms with E-state index in [2.05, 4.69) is 24.3 Å². The SMILES string of the molecule is Nc1ccc(OCCCCCOc2ccc(Cc3ccc(/C=C/C(=O)c4ccccc4)cc3)cc2)c(N)c1. The van der Waals surface area contributed by atoms with Crippen LogP contribution < -0.4 is 20.9 Å². The molecule has 0 unspecified atom stereocenters. The Morgan fingerprint density at radius 3 is 2.05 bits per heavy atom. The summed E-state index contributed by atoms with van der Waals surface area (Å²) in [5.41, 5.74) is 16.9. The maximum absolute atomic E-state index is 12.2. The molecule has 0 aromatic heterocycles. The van der Waals surface area contributed by atoms with Gasteiger partial charge in [0.25, 0.3) is 0 Å². The largest absolute Gasteiger partial charge is 0.494 e. The molecule has 0 aliphatic carbocycles. The molecule has 0 bridgehead atoms. The van der Waals surface area contributed by atoms with Gasteiger partial charge in [-0.1, -0.05) is 72.8 Å². The number of anilines is 2. The van der Waals surface area contributed by atoms with Crippen molar-refractivity contribution in [2.45, 2.75) is 25.7 Å². The predicted octanol–water partition coefficient (Wildman–Crippen LogP) is 6.97. The first kappa shape index (κ1) is 26.6. The maximum Gasteiger partial charge on any atom is 0.185 e. The Morgan fingerprint density at radius 2 is 1.37 bits per heavy atom. The Morgan fingerprint density at radius 1 is 0.711 bits per heavy atom. The van der Waals surface area contributed by atoms with Gasteiger partial charge in [-0.2, -0.15) is 0 Å². The van der Waals surface area contributed by atoms with Gasteiger partial charge in [0.2, 0.25) is 0 Å². The average Bonchev–Trinajstić information content (AvgIpc) is 2.94. The van der Waals surface area contributed by atoms with Crippen LogP contribution >= 0.6 is 0 Å². The van der Waals surface area contributed by atoms with E-state index in [-0.39, 0.29) is 5.78 Å². The summed E-state index contributed by atoms with van der Waals surface area (Å²) in [5.74, 6) is 1.56. The summed E-state index contributed by atoms with van der Waals surface area (Å²) >= 11 is 0. The van der Waals surface area contributed by atoms with Crippen molar-refractivity contribution >= 4 is 23.2 Å². The number of ketones is 1. The molecule has 4 aromatic carbocycles. The van der Waals surface area contributed by atoms with Gasteiger partial charge in [-0.3, -0.25) is 4.79 Å². The van der Waals surface area contributed by atoms with Crippen LogP contribution in [-0.2, 0) is 6.42 Å². The molecular formula is C33H34N2O3. The molecule has 0 spiro atoms. The molecule has 0 radical (unpaired) electrons. The third kappa shape index (κ3) is 8.27. The maximum atomic E-state index is 12.2. The van der Waals surface area contributed by atoms with E-state index in [9.17, 15) is 4.79 Å². The van der Waals surface area contributed by atoms with E-state index in [1.807, 2.05) is 60.7 Å². The molecule has 4 rings (SSSR count). The molecule has 0 aliphatic rings. The highest BCUT2D eigenvalue weighted by molar-refractivity contribution is 6.06. The minimum atomic E-state index is 0.00553. The number of carbonyl (C=O) groups excluding carboxylic acids is 1. The number of rotatable bonds is 13.